The van der Waals surface area contributed by atoms with Crippen LogP contribution in [0.25, 0.3) is 0 Å². The summed E-state index contributed by atoms with van der Waals surface area (Å²) in [5.74, 6) is 0.245. The molecule has 0 N–H and O–H groups in total. The predicted octanol–water partition coefficient (Wildman–Crippen LogP) is 1.10. The molecule has 0 aromatic carbocycles. The SMILES string of the molecule is CC(CCCl)CCS(=O)(=O)CCS(C)(=O)=O. The first-order valence-corrected chi connectivity index (χ1v) is 9.52. The summed E-state index contributed by atoms with van der Waals surface area (Å²) in [6.07, 6.45) is 2.36. The van der Waals surface area contributed by atoms with Gasteiger partial charge >= 0.3 is 0 Å². The van der Waals surface area contributed by atoms with E-state index in [1.807, 2.05) is 6.92 Å². The Kier molecular flexibility index (Phi) is 6.89. The Labute approximate surface area is 103 Å². The van der Waals surface area contributed by atoms with Gasteiger partial charge in [0.25, 0.3) is 0 Å². The van der Waals surface area contributed by atoms with Gasteiger partial charge in [0.1, 0.15) is 9.84 Å². The lowest BCUT2D eigenvalue weighted by Crippen LogP contribution is -2.20. The molecule has 1 atom stereocenters. The summed E-state index contributed by atoms with van der Waals surface area (Å²) >= 11 is 5.54. The topological polar surface area (TPSA) is 68.3 Å². The first-order chi connectivity index (χ1) is 7.16. The van der Waals surface area contributed by atoms with Crippen LogP contribution >= 0.6 is 11.6 Å². The van der Waals surface area contributed by atoms with Crippen LogP contribution in [0.5, 0.6) is 0 Å². The van der Waals surface area contributed by atoms with Gasteiger partial charge in [0.2, 0.25) is 0 Å². The third-order valence-electron chi connectivity index (χ3n) is 2.29. The molecule has 7 heteroatoms. The van der Waals surface area contributed by atoms with Crippen molar-refractivity contribution in [3.05, 3.63) is 0 Å². The van der Waals surface area contributed by atoms with Gasteiger partial charge in [-0.3, -0.25) is 0 Å². The zero-order valence-electron chi connectivity index (χ0n) is 9.65. The van der Waals surface area contributed by atoms with Crippen molar-refractivity contribution in [1.82, 2.24) is 0 Å². The maximum absolute atomic E-state index is 11.5. The van der Waals surface area contributed by atoms with Crippen molar-refractivity contribution in [2.75, 3.05) is 29.4 Å². The van der Waals surface area contributed by atoms with E-state index >= 15 is 0 Å². The second kappa shape index (κ2) is 6.81. The Morgan fingerprint density at radius 1 is 1.00 bits per heavy atom. The molecule has 0 radical (unpaired) electrons. The molecule has 98 valence electrons. The van der Waals surface area contributed by atoms with Crippen molar-refractivity contribution in [2.24, 2.45) is 5.92 Å². The summed E-state index contributed by atoms with van der Waals surface area (Å²) in [6.45, 7) is 1.94. The fourth-order valence-electron chi connectivity index (χ4n) is 1.09. The monoisotopic (exact) mass is 290 g/mol. The Morgan fingerprint density at radius 3 is 2.00 bits per heavy atom. The highest BCUT2D eigenvalue weighted by molar-refractivity contribution is 7.94. The molecule has 0 bridgehead atoms. The molecule has 0 rings (SSSR count). The lowest BCUT2D eigenvalue weighted by atomic mass is 10.1. The van der Waals surface area contributed by atoms with E-state index in [9.17, 15) is 16.8 Å². The van der Waals surface area contributed by atoms with Crippen LogP contribution in [0.3, 0.4) is 0 Å². The Balaban J connectivity index is 4.07. The lowest BCUT2D eigenvalue weighted by molar-refractivity contribution is 0.534. The second-order valence-electron chi connectivity index (χ2n) is 4.15. The van der Waals surface area contributed by atoms with Crippen molar-refractivity contribution < 1.29 is 16.8 Å². The largest absolute Gasteiger partial charge is 0.229 e. The van der Waals surface area contributed by atoms with Crippen molar-refractivity contribution >= 4 is 31.3 Å². The fraction of sp³-hybridized carbons (Fsp3) is 1.00. The molecule has 0 fully saturated rings. The zero-order chi connectivity index (χ0) is 12.8. The van der Waals surface area contributed by atoms with Crippen LogP contribution in [0.2, 0.25) is 0 Å². The summed E-state index contributed by atoms with van der Waals surface area (Å²) < 4.78 is 44.7. The van der Waals surface area contributed by atoms with Crippen LogP contribution in [-0.4, -0.2) is 46.2 Å². The number of hydrogen-bond donors (Lipinski definition) is 0. The fourth-order valence-corrected chi connectivity index (χ4v) is 4.66. The summed E-state index contributed by atoms with van der Waals surface area (Å²) in [5.41, 5.74) is 0. The van der Waals surface area contributed by atoms with Crippen LogP contribution in [0.1, 0.15) is 19.8 Å². The lowest BCUT2D eigenvalue weighted by Gasteiger charge is -2.09. The summed E-state index contributed by atoms with van der Waals surface area (Å²) in [4.78, 5) is 0. The van der Waals surface area contributed by atoms with E-state index in [0.29, 0.717) is 12.3 Å². The highest BCUT2D eigenvalue weighted by Crippen LogP contribution is 2.10. The third-order valence-corrected chi connectivity index (χ3v) is 5.39. The van der Waals surface area contributed by atoms with Gasteiger partial charge in [0.15, 0.2) is 9.84 Å². The van der Waals surface area contributed by atoms with Gasteiger partial charge in [-0.1, -0.05) is 6.92 Å². The molecule has 0 saturated carbocycles. The van der Waals surface area contributed by atoms with Gasteiger partial charge in [-0.25, -0.2) is 16.8 Å². The average Bonchev–Trinajstić information content (AvgIpc) is 2.12. The third kappa shape index (κ3) is 9.42. The maximum atomic E-state index is 11.5. The second-order valence-corrected chi connectivity index (χ2v) is 9.09. The quantitative estimate of drug-likeness (QED) is 0.628. The molecule has 16 heavy (non-hydrogen) atoms. The zero-order valence-corrected chi connectivity index (χ0v) is 12.0. The van der Waals surface area contributed by atoms with Crippen LogP contribution in [0.4, 0.5) is 0 Å². The van der Waals surface area contributed by atoms with Gasteiger partial charge in [0.05, 0.1) is 17.3 Å². The molecule has 0 aromatic rings. The molecular weight excluding hydrogens is 272 g/mol. The standard InChI is InChI=1S/C9H19ClO4S2/c1-9(3-5-10)4-6-16(13,14)8-7-15(2,11)12/h9H,3-8H2,1-2H3. The van der Waals surface area contributed by atoms with Crippen molar-refractivity contribution in [2.45, 2.75) is 19.8 Å². The van der Waals surface area contributed by atoms with E-state index in [2.05, 4.69) is 0 Å². The number of sulfone groups is 2. The number of rotatable bonds is 8. The summed E-state index contributed by atoms with van der Waals surface area (Å²) in [6, 6.07) is 0. The van der Waals surface area contributed by atoms with E-state index in [4.69, 9.17) is 11.6 Å². The number of halogens is 1. The minimum absolute atomic E-state index is 0.0422. The average molecular weight is 291 g/mol. The maximum Gasteiger partial charge on any atom is 0.151 e. The summed E-state index contributed by atoms with van der Waals surface area (Å²) in [7, 11) is -6.46. The van der Waals surface area contributed by atoms with E-state index in [-0.39, 0.29) is 23.2 Å². The molecule has 0 spiro atoms. The van der Waals surface area contributed by atoms with E-state index in [1.165, 1.54) is 0 Å². The van der Waals surface area contributed by atoms with Gasteiger partial charge in [0, 0.05) is 12.1 Å². The molecule has 0 saturated heterocycles. The molecular formula is C9H19ClO4S2. The molecule has 4 nitrogen and oxygen atoms in total. The Hall–Kier alpha value is 0.190. The van der Waals surface area contributed by atoms with Crippen molar-refractivity contribution in [3.8, 4) is 0 Å². The van der Waals surface area contributed by atoms with E-state index < -0.39 is 19.7 Å². The normalized spacial score (nSPS) is 14.9. The highest BCUT2D eigenvalue weighted by Gasteiger charge is 2.15. The van der Waals surface area contributed by atoms with Gasteiger partial charge in [-0.2, -0.15) is 0 Å². The van der Waals surface area contributed by atoms with Gasteiger partial charge < -0.3 is 0 Å². The number of hydrogen-bond acceptors (Lipinski definition) is 4. The van der Waals surface area contributed by atoms with Crippen LogP contribution in [-0.2, 0) is 19.7 Å². The minimum atomic E-state index is -3.25. The van der Waals surface area contributed by atoms with E-state index in [0.717, 1.165) is 12.7 Å². The van der Waals surface area contributed by atoms with Crippen LogP contribution < -0.4 is 0 Å². The molecule has 0 aliphatic rings. The van der Waals surface area contributed by atoms with Gasteiger partial charge in [-0.15, -0.1) is 11.6 Å². The van der Waals surface area contributed by atoms with E-state index in [1.54, 1.807) is 0 Å². The first-order valence-electron chi connectivity index (χ1n) is 5.10. The van der Waals surface area contributed by atoms with Crippen LogP contribution in [0.15, 0.2) is 0 Å². The molecule has 0 heterocycles. The molecule has 0 aromatic heterocycles. The Morgan fingerprint density at radius 2 is 1.56 bits per heavy atom. The molecule has 0 aliphatic heterocycles. The number of alkyl halides is 1. The summed E-state index contributed by atoms with van der Waals surface area (Å²) in [5, 5.41) is 0. The smallest absolute Gasteiger partial charge is 0.151 e. The molecule has 1 unspecified atom stereocenters. The predicted molar refractivity (Wildman–Crippen MR) is 67.5 cm³/mol. The Bertz CT molecular complexity index is 386. The first kappa shape index (κ1) is 16.2. The highest BCUT2D eigenvalue weighted by atomic mass is 35.5. The molecule has 0 aliphatic carbocycles. The van der Waals surface area contributed by atoms with Crippen LogP contribution in [0, 0.1) is 5.92 Å². The van der Waals surface area contributed by atoms with Gasteiger partial charge in [-0.05, 0) is 18.8 Å². The van der Waals surface area contributed by atoms with Crippen molar-refractivity contribution in [1.29, 1.82) is 0 Å². The van der Waals surface area contributed by atoms with Crippen molar-refractivity contribution in [3.63, 3.8) is 0 Å². The molecule has 0 amide bonds. The minimum Gasteiger partial charge on any atom is -0.229 e.